The fourth-order valence-corrected chi connectivity index (χ4v) is 2.78. The van der Waals surface area contributed by atoms with Gasteiger partial charge in [-0.05, 0) is 23.9 Å². The number of carbonyl (C=O) groups excluding carboxylic acids is 1. The van der Waals surface area contributed by atoms with Crippen molar-refractivity contribution < 1.29 is 9.53 Å². The molecule has 3 heteroatoms. The second-order valence-electron chi connectivity index (χ2n) is 5.92. The highest BCUT2D eigenvalue weighted by atomic mass is 16.5. The van der Waals surface area contributed by atoms with E-state index in [4.69, 9.17) is 4.74 Å². The van der Waals surface area contributed by atoms with Crippen LogP contribution in [0.15, 0.2) is 72.8 Å². The van der Waals surface area contributed by atoms with Crippen LogP contribution >= 0.6 is 0 Å². The number of hydrogen-bond donors (Lipinski definition) is 0. The molecule has 0 unspecified atom stereocenters. The summed E-state index contributed by atoms with van der Waals surface area (Å²) < 4.78 is 5.96. The Hall–Kier alpha value is -2.81. The summed E-state index contributed by atoms with van der Waals surface area (Å²) in [4.78, 5) is 14.3. The van der Waals surface area contributed by atoms with Crippen LogP contribution in [0.3, 0.4) is 0 Å². The highest BCUT2D eigenvalue weighted by Crippen LogP contribution is 2.26. The van der Waals surface area contributed by atoms with Crippen LogP contribution in [0, 0.1) is 0 Å². The maximum atomic E-state index is 12.6. The lowest BCUT2D eigenvalue weighted by Gasteiger charge is -2.22. The molecule has 0 fully saturated rings. The lowest BCUT2D eigenvalue weighted by Crippen LogP contribution is -2.37. The van der Waals surface area contributed by atoms with Crippen molar-refractivity contribution in [3.8, 4) is 5.75 Å². The lowest BCUT2D eigenvalue weighted by molar-refractivity contribution is -0.137. The molecule has 3 nitrogen and oxygen atoms in total. The van der Waals surface area contributed by atoms with Crippen molar-refractivity contribution in [1.29, 1.82) is 0 Å². The Kier molecular flexibility index (Phi) is 4.80. The Balaban J connectivity index is 1.71. The van der Waals surface area contributed by atoms with Gasteiger partial charge >= 0.3 is 0 Å². The predicted octanol–water partition coefficient (Wildman–Crippen LogP) is 4.27. The fourth-order valence-electron chi connectivity index (χ4n) is 2.78. The zero-order chi connectivity index (χ0) is 16.9. The van der Waals surface area contributed by atoms with Crippen LogP contribution in [0.5, 0.6) is 5.75 Å². The first-order chi connectivity index (χ1) is 11.6. The summed E-state index contributed by atoms with van der Waals surface area (Å²) in [6.45, 7) is 2.37. The molecule has 0 saturated heterocycles. The van der Waals surface area contributed by atoms with Crippen LogP contribution in [-0.4, -0.2) is 24.0 Å². The number of rotatable bonds is 5. The third-order valence-electron chi connectivity index (χ3n) is 4.04. The number of likely N-dealkylation sites (N-methyl/N-ethyl adjacent to an activating group) is 1. The third-order valence-corrected chi connectivity index (χ3v) is 4.04. The molecule has 0 bridgehead atoms. The molecule has 1 atom stereocenters. The summed E-state index contributed by atoms with van der Waals surface area (Å²) >= 11 is 0. The van der Waals surface area contributed by atoms with E-state index in [-0.39, 0.29) is 5.91 Å². The van der Waals surface area contributed by atoms with Gasteiger partial charge in [-0.2, -0.15) is 0 Å². The standard InChI is InChI=1S/C21H21NO2/c1-16(21(23)22(2)15-17-9-4-3-5-10-17)24-20-14-8-12-18-11-6-7-13-19(18)20/h3-14,16H,15H2,1-2H3/t16-/m1/s1. The molecular weight excluding hydrogens is 298 g/mol. The van der Waals surface area contributed by atoms with Gasteiger partial charge in [0.05, 0.1) is 0 Å². The zero-order valence-electron chi connectivity index (χ0n) is 14.0. The SMILES string of the molecule is C[C@@H](Oc1cccc2ccccc12)C(=O)N(C)Cc1ccccc1. The van der Waals surface area contributed by atoms with Gasteiger partial charge < -0.3 is 9.64 Å². The van der Waals surface area contributed by atoms with Gasteiger partial charge in [0.25, 0.3) is 5.91 Å². The van der Waals surface area contributed by atoms with E-state index in [1.54, 1.807) is 18.9 Å². The summed E-state index contributed by atoms with van der Waals surface area (Å²) in [7, 11) is 1.80. The molecule has 0 spiro atoms. The molecule has 0 heterocycles. The number of amides is 1. The van der Waals surface area contributed by atoms with Crippen LogP contribution in [-0.2, 0) is 11.3 Å². The van der Waals surface area contributed by atoms with Gasteiger partial charge in [0, 0.05) is 19.0 Å². The van der Waals surface area contributed by atoms with Crippen LogP contribution < -0.4 is 4.74 Å². The fraction of sp³-hybridized carbons (Fsp3) is 0.190. The minimum absolute atomic E-state index is 0.0354. The minimum atomic E-state index is -0.537. The monoisotopic (exact) mass is 319 g/mol. The van der Waals surface area contributed by atoms with E-state index < -0.39 is 6.10 Å². The van der Waals surface area contributed by atoms with Gasteiger partial charge in [0.2, 0.25) is 0 Å². The van der Waals surface area contributed by atoms with Gasteiger partial charge in [0.15, 0.2) is 6.10 Å². The van der Waals surface area contributed by atoms with Crippen LogP contribution in [0.4, 0.5) is 0 Å². The summed E-state index contributed by atoms with van der Waals surface area (Å²) in [5.74, 6) is 0.703. The van der Waals surface area contributed by atoms with E-state index in [0.29, 0.717) is 6.54 Å². The smallest absolute Gasteiger partial charge is 0.263 e. The molecule has 3 aromatic carbocycles. The average molecular weight is 319 g/mol. The molecule has 3 aromatic rings. The maximum absolute atomic E-state index is 12.6. The maximum Gasteiger partial charge on any atom is 0.263 e. The normalized spacial score (nSPS) is 11.9. The van der Waals surface area contributed by atoms with Gasteiger partial charge in [-0.3, -0.25) is 4.79 Å². The first-order valence-corrected chi connectivity index (χ1v) is 8.08. The van der Waals surface area contributed by atoms with E-state index in [2.05, 4.69) is 0 Å². The quantitative estimate of drug-likeness (QED) is 0.703. The molecule has 0 aliphatic rings. The Labute approximate surface area is 142 Å². The van der Waals surface area contributed by atoms with Crippen molar-refractivity contribution >= 4 is 16.7 Å². The summed E-state index contributed by atoms with van der Waals surface area (Å²) in [6.07, 6.45) is -0.537. The Morgan fingerprint density at radius 2 is 1.62 bits per heavy atom. The van der Waals surface area contributed by atoms with Crippen molar-refractivity contribution in [1.82, 2.24) is 4.90 Å². The van der Waals surface area contributed by atoms with Gasteiger partial charge in [-0.15, -0.1) is 0 Å². The van der Waals surface area contributed by atoms with Crippen LogP contribution in [0.25, 0.3) is 10.8 Å². The second kappa shape index (κ2) is 7.18. The first kappa shape index (κ1) is 16.1. The van der Waals surface area contributed by atoms with E-state index >= 15 is 0 Å². The van der Waals surface area contributed by atoms with E-state index in [1.165, 1.54) is 0 Å². The number of hydrogen-bond acceptors (Lipinski definition) is 2. The molecule has 0 radical (unpaired) electrons. The molecule has 3 rings (SSSR count). The van der Waals surface area contributed by atoms with Crippen molar-refractivity contribution in [2.45, 2.75) is 19.6 Å². The Bertz CT molecular complexity index is 824. The van der Waals surface area contributed by atoms with E-state index in [0.717, 1.165) is 22.1 Å². The lowest BCUT2D eigenvalue weighted by atomic mass is 10.1. The minimum Gasteiger partial charge on any atom is -0.480 e. The van der Waals surface area contributed by atoms with Gasteiger partial charge in [0.1, 0.15) is 5.75 Å². The molecule has 1 amide bonds. The molecule has 0 aliphatic carbocycles. The molecule has 122 valence electrons. The van der Waals surface area contributed by atoms with Crippen molar-refractivity contribution in [2.75, 3.05) is 7.05 Å². The molecule has 24 heavy (non-hydrogen) atoms. The van der Waals surface area contributed by atoms with Crippen LogP contribution in [0.2, 0.25) is 0 Å². The second-order valence-corrected chi connectivity index (χ2v) is 5.92. The summed E-state index contributed by atoms with van der Waals surface area (Å²) in [5.41, 5.74) is 1.10. The molecule has 0 aromatic heterocycles. The van der Waals surface area contributed by atoms with Crippen molar-refractivity contribution in [3.63, 3.8) is 0 Å². The predicted molar refractivity (Wildman–Crippen MR) is 97.0 cm³/mol. The highest BCUT2D eigenvalue weighted by molar-refractivity contribution is 5.89. The molecule has 0 saturated carbocycles. The van der Waals surface area contributed by atoms with Crippen molar-refractivity contribution in [3.05, 3.63) is 78.4 Å². The van der Waals surface area contributed by atoms with Gasteiger partial charge in [-0.1, -0.05) is 66.7 Å². The number of nitrogens with zero attached hydrogens (tertiary/aromatic N) is 1. The van der Waals surface area contributed by atoms with E-state index in [9.17, 15) is 4.79 Å². The van der Waals surface area contributed by atoms with E-state index in [1.807, 2.05) is 72.8 Å². The molecule has 0 N–H and O–H groups in total. The zero-order valence-corrected chi connectivity index (χ0v) is 14.0. The average Bonchev–Trinajstić information content (AvgIpc) is 2.62. The van der Waals surface area contributed by atoms with Crippen molar-refractivity contribution in [2.24, 2.45) is 0 Å². The third kappa shape index (κ3) is 3.57. The highest BCUT2D eigenvalue weighted by Gasteiger charge is 2.20. The largest absolute Gasteiger partial charge is 0.480 e. The summed E-state index contributed by atoms with van der Waals surface area (Å²) in [6, 6.07) is 23.9. The Morgan fingerprint density at radius 1 is 0.958 bits per heavy atom. The number of carbonyl (C=O) groups is 1. The number of fused-ring (bicyclic) bond motifs is 1. The Morgan fingerprint density at radius 3 is 2.42 bits per heavy atom. The summed E-state index contributed by atoms with van der Waals surface area (Å²) in [5, 5.41) is 2.12. The van der Waals surface area contributed by atoms with Crippen LogP contribution in [0.1, 0.15) is 12.5 Å². The molecular formula is C21H21NO2. The number of benzene rings is 3. The van der Waals surface area contributed by atoms with Gasteiger partial charge in [-0.25, -0.2) is 0 Å². The molecule has 0 aliphatic heterocycles. The number of ether oxygens (including phenoxy) is 1. The topological polar surface area (TPSA) is 29.5 Å². The first-order valence-electron chi connectivity index (χ1n) is 8.08.